The predicted molar refractivity (Wildman–Crippen MR) is 82.6 cm³/mol. The Morgan fingerprint density at radius 3 is 2.60 bits per heavy atom. The highest BCUT2D eigenvalue weighted by molar-refractivity contribution is 5.76. The Labute approximate surface area is 122 Å². The van der Waals surface area contributed by atoms with E-state index in [0.717, 1.165) is 38.8 Å². The van der Waals surface area contributed by atoms with E-state index in [4.69, 9.17) is 0 Å². The van der Waals surface area contributed by atoms with Gasteiger partial charge in [-0.05, 0) is 37.8 Å². The van der Waals surface area contributed by atoms with Gasteiger partial charge in [-0.3, -0.25) is 4.79 Å². The molecule has 0 spiro atoms. The zero-order valence-electron chi connectivity index (χ0n) is 12.2. The number of hydrogen-bond acceptors (Lipinski definition) is 2. The Balaban J connectivity index is 1.46. The molecule has 1 aliphatic carbocycles. The summed E-state index contributed by atoms with van der Waals surface area (Å²) in [6, 6.07) is 11.0. The Morgan fingerprint density at radius 1 is 1.10 bits per heavy atom. The monoisotopic (exact) mass is 274 g/mol. The molecule has 110 valence electrons. The van der Waals surface area contributed by atoms with Gasteiger partial charge in [0, 0.05) is 19.0 Å². The molecule has 0 heterocycles. The maximum absolute atomic E-state index is 11.7. The van der Waals surface area contributed by atoms with Crippen LogP contribution in [0.2, 0.25) is 0 Å². The molecule has 1 aromatic carbocycles. The number of aryl methyl sites for hydroxylation is 1. The van der Waals surface area contributed by atoms with E-state index in [1.54, 1.807) is 0 Å². The molecule has 1 aliphatic rings. The second kappa shape index (κ2) is 8.75. The fourth-order valence-electron chi connectivity index (χ4n) is 2.76. The molecular formula is C17H26N2O. The molecular weight excluding hydrogens is 248 g/mol. The topological polar surface area (TPSA) is 41.1 Å². The van der Waals surface area contributed by atoms with E-state index in [9.17, 15) is 4.79 Å². The maximum atomic E-state index is 11.7. The smallest absolute Gasteiger partial charge is 0.221 e. The standard InChI is InChI=1S/C17H26N2O/c20-17(19-16-10-4-5-11-16)12-14-18-13-6-9-15-7-2-1-3-8-15/h1-3,7-8,16,18H,4-6,9-14H2,(H,19,20). The zero-order chi connectivity index (χ0) is 14.0. The van der Waals surface area contributed by atoms with E-state index < -0.39 is 0 Å². The second-order valence-corrected chi connectivity index (χ2v) is 5.64. The van der Waals surface area contributed by atoms with Gasteiger partial charge in [-0.25, -0.2) is 0 Å². The average Bonchev–Trinajstić information content (AvgIpc) is 2.96. The SMILES string of the molecule is O=C(CCNCCCc1ccccc1)NC1CCCC1. The highest BCUT2D eigenvalue weighted by Crippen LogP contribution is 2.17. The molecule has 20 heavy (non-hydrogen) atoms. The van der Waals surface area contributed by atoms with Gasteiger partial charge in [0.2, 0.25) is 5.91 Å². The molecule has 3 heteroatoms. The van der Waals surface area contributed by atoms with Crippen molar-refractivity contribution in [1.82, 2.24) is 10.6 Å². The normalized spacial score (nSPS) is 15.4. The van der Waals surface area contributed by atoms with Crippen molar-refractivity contribution in [3.8, 4) is 0 Å². The van der Waals surface area contributed by atoms with Crippen LogP contribution < -0.4 is 10.6 Å². The van der Waals surface area contributed by atoms with Crippen LogP contribution in [0.3, 0.4) is 0 Å². The quantitative estimate of drug-likeness (QED) is 0.716. The number of rotatable bonds is 8. The van der Waals surface area contributed by atoms with Gasteiger partial charge in [-0.2, -0.15) is 0 Å². The van der Waals surface area contributed by atoms with Crippen LogP contribution in [0.1, 0.15) is 44.1 Å². The summed E-state index contributed by atoms with van der Waals surface area (Å²) in [7, 11) is 0. The Hall–Kier alpha value is -1.35. The van der Waals surface area contributed by atoms with Crippen LogP contribution in [0, 0.1) is 0 Å². The fourth-order valence-corrected chi connectivity index (χ4v) is 2.76. The van der Waals surface area contributed by atoms with Gasteiger partial charge in [-0.15, -0.1) is 0 Å². The van der Waals surface area contributed by atoms with Gasteiger partial charge in [0.05, 0.1) is 0 Å². The van der Waals surface area contributed by atoms with Crippen molar-refractivity contribution < 1.29 is 4.79 Å². The van der Waals surface area contributed by atoms with Gasteiger partial charge in [0.25, 0.3) is 0 Å². The third-order valence-electron chi connectivity index (χ3n) is 3.91. The minimum Gasteiger partial charge on any atom is -0.353 e. The van der Waals surface area contributed by atoms with Gasteiger partial charge in [0.1, 0.15) is 0 Å². The Morgan fingerprint density at radius 2 is 1.85 bits per heavy atom. The first-order chi connectivity index (χ1) is 9.84. The van der Waals surface area contributed by atoms with Crippen molar-refractivity contribution in [1.29, 1.82) is 0 Å². The molecule has 0 saturated heterocycles. The lowest BCUT2D eigenvalue weighted by atomic mass is 10.1. The molecule has 0 aliphatic heterocycles. The van der Waals surface area contributed by atoms with E-state index in [1.807, 2.05) is 6.07 Å². The van der Waals surface area contributed by atoms with Crippen LogP contribution in [0.4, 0.5) is 0 Å². The Bertz CT molecular complexity index is 385. The van der Waals surface area contributed by atoms with E-state index in [-0.39, 0.29) is 5.91 Å². The summed E-state index contributed by atoms with van der Waals surface area (Å²) in [6.07, 6.45) is 7.68. The summed E-state index contributed by atoms with van der Waals surface area (Å²) >= 11 is 0. The average molecular weight is 274 g/mol. The molecule has 0 aromatic heterocycles. The minimum atomic E-state index is 0.201. The third-order valence-corrected chi connectivity index (χ3v) is 3.91. The number of nitrogens with one attached hydrogen (secondary N) is 2. The summed E-state index contributed by atoms with van der Waals surface area (Å²) < 4.78 is 0. The van der Waals surface area contributed by atoms with Gasteiger partial charge in [-0.1, -0.05) is 43.2 Å². The van der Waals surface area contributed by atoms with Crippen molar-refractivity contribution in [2.24, 2.45) is 0 Å². The maximum Gasteiger partial charge on any atom is 0.221 e. The molecule has 1 fully saturated rings. The van der Waals surface area contributed by atoms with Crippen molar-refractivity contribution in [2.75, 3.05) is 13.1 Å². The van der Waals surface area contributed by atoms with Crippen LogP contribution in [-0.4, -0.2) is 25.0 Å². The first kappa shape index (κ1) is 15.0. The van der Waals surface area contributed by atoms with Crippen LogP contribution in [-0.2, 0) is 11.2 Å². The van der Waals surface area contributed by atoms with Crippen LogP contribution in [0.15, 0.2) is 30.3 Å². The molecule has 0 unspecified atom stereocenters. The number of hydrogen-bond donors (Lipinski definition) is 2. The van der Waals surface area contributed by atoms with Gasteiger partial charge < -0.3 is 10.6 Å². The van der Waals surface area contributed by atoms with Crippen LogP contribution in [0.25, 0.3) is 0 Å². The molecule has 0 atom stereocenters. The van der Waals surface area contributed by atoms with Crippen molar-refractivity contribution in [2.45, 2.75) is 51.0 Å². The van der Waals surface area contributed by atoms with Gasteiger partial charge >= 0.3 is 0 Å². The predicted octanol–water partition coefficient (Wildman–Crippen LogP) is 2.66. The van der Waals surface area contributed by atoms with Crippen molar-refractivity contribution in [3.63, 3.8) is 0 Å². The number of benzene rings is 1. The number of carbonyl (C=O) groups is 1. The molecule has 1 amide bonds. The summed E-state index contributed by atoms with van der Waals surface area (Å²) in [6.45, 7) is 1.76. The molecule has 3 nitrogen and oxygen atoms in total. The molecule has 0 bridgehead atoms. The molecule has 2 N–H and O–H groups in total. The zero-order valence-corrected chi connectivity index (χ0v) is 12.2. The second-order valence-electron chi connectivity index (χ2n) is 5.64. The first-order valence-corrected chi connectivity index (χ1v) is 7.88. The number of carbonyl (C=O) groups excluding carboxylic acids is 1. The fraction of sp³-hybridized carbons (Fsp3) is 0.588. The Kier molecular flexibility index (Phi) is 6.58. The molecule has 2 rings (SSSR count). The molecule has 1 saturated carbocycles. The van der Waals surface area contributed by atoms with Crippen LogP contribution in [0.5, 0.6) is 0 Å². The van der Waals surface area contributed by atoms with Crippen molar-refractivity contribution in [3.05, 3.63) is 35.9 Å². The van der Waals surface area contributed by atoms with E-state index in [2.05, 4.69) is 34.9 Å². The minimum absolute atomic E-state index is 0.201. The van der Waals surface area contributed by atoms with Crippen molar-refractivity contribution >= 4 is 5.91 Å². The lowest BCUT2D eigenvalue weighted by Crippen LogP contribution is -2.34. The van der Waals surface area contributed by atoms with E-state index in [0.29, 0.717) is 12.5 Å². The molecule has 0 radical (unpaired) electrons. The first-order valence-electron chi connectivity index (χ1n) is 7.88. The molecule has 1 aromatic rings. The number of amides is 1. The lowest BCUT2D eigenvalue weighted by molar-refractivity contribution is -0.121. The summed E-state index contributed by atoms with van der Waals surface area (Å²) in [5.74, 6) is 0.201. The van der Waals surface area contributed by atoms with E-state index >= 15 is 0 Å². The highest BCUT2D eigenvalue weighted by atomic mass is 16.1. The third kappa shape index (κ3) is 5.74. The lowest BCUT2D eigenvalue weighted by Gasteiger charge is -2.12. The van der Waals surface area contributed by atoms with Gasteiger partial charge in [0.15, 0.2) is 0 Å². The summed E-state index contributed by atoms with van der Waals surface area (Å²) in [5.41, 5.74) is 1.38. The highest BCUT2D eigenvalue weighted by Gasteiger charge is 2.16. The largest absolute Gasteiger partial charge is 0.353 e. The van der Waals surface area contributed by atoms with E-state index in [1.165, 1.54) is 18.4 Å². The van der Waals surface area contributed by atoms with Crippen LogP contribution >= 0.6 is 0 Å². The summed E-state index contributed by atoms with van der Waals surface area (Å²) in [4.78, 5) is 11.7. The summed E-state index contributed by atoms with van der Waals surface area (Å²) in [5, 5.41) is 6.47.